The Morgan fingerprint density at radius 1 is 1.22 bits per heavy atom. The lowest BCUT2D eigenvalue weighted by Crippen LogP contribution is -2.37. The predicted octanol–water partition coefficient (Wildman–Crippen LogP) is 0.640. The molecule has 106 valence electrons. The van der Waals surface area contributed by atoms with Gasteiger partial charge in [-0.25, -0.2) is 0 Å². The van der Waals surface area contributed by atoms with Crippen LogP contribution in [0.2, 0.25) is 0 Å². The van der Waals surface area contributed by atoms with Gasteiger partial charge in [0.25, 0.3) is 0 Å². The summed E-state index contributed by atoms with van der Waals surface area (Å²) in [6, 6.07) is 0. The van der Waals surface area contributed by atoms with Crippen molar-refractivity contribution in [2.24, 2.45) is 0 Å². The molecule has 1 fully saturated rings. The zero-order chi connectivity index (χ0) is 13.4. The SMILES string of the molecule is CC(C)(C)OCCOCC(=O)N1CCCNCC1. The molecule has 1 rings (SSSR count). The second-order valence-corrected chi connectivity index (χ2v) is 5.50. The van der Waals surface area contributed by atoms with Gasteiger partial charge in [-0.15, -0.1) is 0 Å². The summed E-state index contributed by atoms with van der Waals surface area (Å²) in [5.41, 5.74) is -0.149. The smallest absolute Gasteiger partial charge is 0.248 e. The number of carbonyl (C=O) groups excluding carboxylic acids is 1. The predicted molar refractivity (Wildman–Crippen MR) is 70.6 cm³/mol. The van der Waals surface area contributed by atoms with Crippen LogP contribution in [0.3, 0.4) is 0 Å². The van der Waals surface area contributed by atoms with Crippen molar-refractivity contribution in [3.8, 4) is 0 Å². The molecule has 0 aromatic carbocycles. The summed E-state index contributed by atoms with van der Waals surface area (Å²) in [4.78, 5) is 13.7. The van der Waals surface area contributed by atoms with Crippen molar-refractivity contribution in [1.82, 2.24) is 10.2 Å². The minimum absolute atomic E-state index is 0.0782. The molecule has 0 unspecified atom stereocenters. The average molecular weight is 258 g/mol. The van der Waals surface area contributed by atoms with Crippen molar-refractivity contribution in [3.63, 3.8) is 0 Å². The van der Waals surface area contributed by atoms with Gasteiger partial charge in [-0.2, -0.15) is 0 Å². The first kappa shape index (κ1) is 15.4. The molecule has 0 radical (unpaired) electrons. The van der Waals surface area contributed by atoms with Crippen molar-refractivity contribution in [2.45, 2.75) is 32.8 Å². The van der Waals surface area contributed by atoms with Crippen LogP contribution in [0.5, 0.6) is 0 Å². The lowest BCUT2D eigenvalue weighted by molar-refractivity contribution is -0.137. The van der Waals surface area contributed by atoms with E-state index in [0.717, 1.165) is 32.6 Å². The van der Waals surface area contributed by atoms with E-state index >= 15 is 0 Å². The molecule has 1 heterocycles. The van der Waals surface area contributed by atoms with Gasteiger partial charge in [0.2, 0.25) is 5.91 Å². The van der Waals surface area contributed by atoms with Crippen LogP contribution in [0.4, 0.5) is 0 Å². The Morgan fingerprint density at radius 3 is 2.72 bits per heavy atom. The molecule has 1 aliphatic heterocycles. The molecule has 1 amide bonds. The summed E-state index contributed by atoms with van der Waals surface area (Å²) >= 11 is 0. The van der Waals surface area contributed by atoms with Crippen molar-refractivity contribution in [1.29, 1.82) is 0 Å². The Bertz CT molecular complexity index is 243. The summed E-state index contributed by atoms with van der Waals surface area (Å²) in [7, 11) is 0. The fraction of sp³-hybridized carbons (Fsp3) is 0.923. The molecule has 18 heavy (non-hydrogen) atoms. The van der Waals surface area contributed by atoms with Crippen LogP contribution in [0.1, 0.15) is 27.2 Å². The van der Waals surface area contributed by atoms with E-state index in [1.165, 1.54) is 0 Å². The maximum atomic E-state index is 11.8. The molecular weight excluding hydrogens is 232 g/mol. The Kier molecular flexibility index (Phi) is 6.60. The molecule has 1 saturated heterocycles. The number of rotatable bonds is 5. The van der Waals surface area contributed by atoms with Gasteiger partial charge in [0, 0.05) is 19.6 Å². The fourth-order valence-electron chi connectivity index (χ4n) is 1.75. The number of ether oxygens (including phenoxy) is 2. The van der Waals surface area contributed by atoms with E-state index in [4.69, 9.17) is 9.47 Å². The van der Waals surface area contributed by atoms with E-state index in [9.17, 15) is 4.79 Å². The number of hydrogen-bond acceptors (Lipinski definition) is 4. The van der Waals surface area contributed by atoms with E-state index in [-0.39, 0.29) is 18.1 Å². The third kappa shape index (κ3) is 6.93. The quantitative estimate of drug-likeness (QED) is 0.735. The molecule has 1 N–H and O–H groups in total. The molecular formula is C13H26N2O3. The van der Waals surface area contributed by atoms with Gasteiger partial charge < -0.3 is 19.7 Å². The first-order valence-electron chi connectivity index (χ1n) is 6.69. The van der Waals surface area contributed by atoms with Crippen LogP contribution < -0.4 is 5.32 Å². The van der Waals surface area contributed by atoms with Gasteiger partial charge >= 0.3 is 0 Å². The van der Waals surface area contributed by atoms with Crippen LogP contribution in [0, 0.1) is 0 Å². The second-order valence-electron chi connectivity index (χ2n) is 5.50. The maximum Gasteiger partial charge on any atom is 0.248 e. The van der Waals surface area contributed by atoms with Gasteiger partial charge in [-0.05, 0) is 33.7 Å². The Labute approximate surface area is 110 Å². The van der Waals surface area contributed by atoms with E-state index in [2.05, 4.69) is 5.32 Å². The number of amides is 1. The van der Waals surface area contributed by atoms with Crippen molar-refractivity contribution in [2.75, 3.05) is 46.0 Å². The topological polar surface area (TPSA) is 50.8 Å². The summed E-state index contributed by atoms with van der Waals surface area (Å²) in [6.07, 6.45) is 1.01. The van der Waals surface area contributed by atoms with Gasteiger partial charge in [0.15, 0.2) is 0 Å². The molecule has 0 aromatic heterocycles. The molecule has 1 aliphatic rings. The number of hydrogen-bond donors (Lipinski definition) is 1. The first-order chi connectivity index (χ1) is 8.49. The highest BCUT2D eigenvalue weighted by Gasteiger charge is 2.15. The number of nitrogens with zero attached hydrogens (tertiary/aromatic N) is 1. The van der Waals surface area contributed by atoms with Crippen LogP contribution in [0.25, 0.3) is 0 Å². The Balaban J connectivity index is 2.09. The number of nitrogens with one attached hydrogen (secondary N) is 1. The highest BCUT2D eigenvalue weighted by atomic mass is 16.5. The average Bonchev–Trinajstić information content (AvgIpc) is 2.55. The fourth-order valence-corrected chi connectivity index (χ4v) is 1.75. The van der Waals surface area contributed by atoms with Gasteiger partial charge in [0.05, 0.1) is 18.8 Å². The molecule has 5 nitrogen and oxygen atoms in total. The van der Waals surface area contributed by atoms with E-state index in [0.29, 0.717) is 13.2 Å². The van der Waals surface area contributed by atoms with Crippen LogP contribution in [-0.2, 0) is 14.3 Å². The zero-order valence-electron chi connectivity index (χ0n) is 11.8. The van der Waals surface area contributed by atoms with Gasteiger partial charge in [-0.3, -0.25) is 4.79 Å². The monoisotopic (exact) mass is 258 g/mol. The summed E-state index contributed by atoms with van der Waals surface area (Å²) in [5, 5.41) is 3.27. The molecule has 0 aliphatic carbocycles. The van der Waals surface area contributed by atoms with E-state index in [1.807, 2.05) is 25.7 Å². The van der Waals surface area contributed by atoms with E-state index < -0.39 is 0 Å². The molecule has 0 atom stereocenters. The third-order valence-corrected chi connectivity index (χ3v) is 2.68. The summed E-state index contributed by atoms with van der Waals surface area (Å²) < 4.78 is 10.9. The van der Waals surface area contributed by atoms with Gasteiger partial charge in [0.1, 0.15) is 6.61 Å². The highest BCUT2D eigenvalue weighted by Crippen LogP contribution is 2.05. The van der Waals surface area contributed by atoms with Crippen molar-refractivity contribution >= 4 is 5.91 Å². The standard InChI is InChI=1S/C13H26N2O3/c1-13(2,3)18-10-9-17-11-12(16)15-7-4-5-14-6-8-15/h14H,4-11H2,1-3H3. The molecule has 0 saturated carbocycles. The molecule has 0 aromatic rings. The van der Waals surface area contributed by atoms with E-state index in [1.54, 1.807) is 0 Å². The zero-order valence-corrected chi connectivity index (χ0v) is 11.8. The minimum atomic E-state index is -0.149. The largest absolute Gasteiger partial charge is 0.373 e. The lowest BCUT2D eigenvalue weighted by Gasteiger charge is -2.21. The lowest BCUT2D eigenvalue weighted by atomic mass is 10.2. The highest BCUT2D eigenvalue weighted by molar-refractivity contribution is 5.77. The summed E-state index contributed by atoms with van der Waals surface area (Å²) in [6.45, 7) is 10.6. The van der Waals surface area contributed by atoms with Crippen molar-refractivity contribution < 1.29 is 14.3 Å². The van der Waals surface area contributed by atoms with Crippen LogP contribution in [0.15, 0.2) is 0 Å². The maximum absolute atomic E-state index is 11.8. The molecule has 5 heteroatoms. The number of carbonyl (C=O) groups is 1. The van der Waals surface area contributed by atoms with Gasteiger partial charge in [-0.1, -0.05) is 0 Å². The second kappa shape index (κ2) is 7.71. The summed E-state index contributed by atoms with van der Waals surface area (Å²) in [5.74, 6) is 0.0782. The van der Waals surface area contributed by atoms with Crippen LogP contribution in [-0.4, -0.2) is 62.4 Å². The normalized spacial score (nSPS) is 17.6. The van der Waals surface area contributed by atoms with Crippen molar-refractivity contribution in [3.05, 3.63) is 0 Å². The first-order valence-corrected chi connectivity index (χ1v) is 6.69. The molecule has 0 bridgehead atoms. The Morgan fingerprint density at radius 2 is 2.00 bits per heavy atom. The van der Waals surface area contributed by atoms with Crippen LogP contribution >= 0.6 is 0 Å². The Hall–Kier alpha value is -0.650. The molecule has 0 spiro atoms. The minimum Gasteiger partial charge on any atom is -0.373 e. The third-order valence-electron chi connectivity index (χ3n) is 2.68.